The number of nitrogens with zero attached hydrogens (tertiary/aromatic N) is 7. The molecule has 8 rings (SSSR count). The molecular weight excluding hydrogens is 718 g/mol. The van der Waals surface area contributed by atoms with Crippen LogP contribution >= 0.6 is 0 Å². The fourth-order valence-electron chi connectivity index (χ4n) is 8.47. The number of nitrogens with one attached hydrogen (secondary N) is 2. The third-order valence-electron chi connectivity index (χ3n) is 11.8. The van der Waals surface area contributed by atoms with Crippen LogP contribution in [-0.2, 0) is 9.59 Å². The van der Waals surface area contributed by atoms with Gasteiger partial charge in [-0.25, -0.2) is 14.4 Å². The quantitative estimate of drug-likeness (QED) is 0.227. The monoisotopic (exact) mass is 763 g/mol. The molecule has 4 saturated heterocycles. The summed E-state index contributed by atoms with van der Waals surface area (Å²) in [6, 6.07) is 8.10. The predicted molar refractivity (Wildman–Crippen MR) is 206 cm³/mol. The van der Waals surface area contributed by atoms with Gasteiger partial charge in [0.25, 0.3) is 11.8 Å². The zero-order valence-corrected chi connectivity index (χ0v) is 31.3. The molecule has 1 atom stereocenters. The molecule has 3 N–H and O–H groups in total. The molecule has 4 fully saturated rings. The minimum atomic E-state index is -0.969. The second kappa shape index (κ2) is 16.3. The summed E-state index contributed by atoms with van der Waals surface area (Å²) < 4.78 is 14.6. The number of carbonyl (C=O) groups is 4. The molecule has 0 spiro atoms. The van der Waals surface area contributed by atoms with E-state index in [1.807, 2.05) is 23.1 Å². The summed E-state index contributed by atoms with van der Waals surface area (Å²) in [6.07, 6.45) is 8.75. The fraction of sp³-hybridized carbons (Fsp3) is 0.488. The third-order valence-corrected chi connectivity index (χ3v) is 11.8. The Morgan fingerprint density at radius 3 is 2.27 bits per heavy atom. The molecule has 2 aromatic heterocycles. The number of rotatable bonds is 8. The van der Waals surface area contributed by atoms with Crippen molar-refractivity contribution in [1.82, 2.24) is 30.1 Å². The van der Waals surface area contributed by atoms with Gasteiger partial charge in [-0.15, -0.1) is 0 Å². The summed E-state index contributed by atoms with van der Waals surface area (Å²) in [5.41, 5.74) is 2.88. The number of carbonyl (C=O) groups excluding carboxylic acids is 4. The van der Waals surface area contributed by atoms with Crippen LogP contribution in [0.15, 0.2) is 42.7 Å². The van der Waals surface area contributed by atoms with E-state index < -0.39 is 35.5 Å². The Kier molecular flexibility index (Phi) is 10.9. The van der Waals surface area contributed by atoms with Gasteiger partial charge in [-0.05, 0) is 106 Å². The Morgan fingerprint density at radius 1 is 0.821 bits per heavy atom. The molecule has 0 aliphatic carbocycles. The summed E-state index contributed by atoms with van der Waals surface area (Å²) in [7, 11) is 0. The van der Waals surface area contributed by atoms with E-state index >= 15 is 0 Å². The van der Waals surface area contributed by atoms with Crippen LogP contribution in [0.4, 0.5) is 27.5 Å². The van der Waals surface area contributed by atoms with Gasteiger partial charge in [0.05, 0.1) is 29.2 Å². The van der Waals surface area contributed by atoms with E-state index in [9.17, 15) is 28.7 Å². The Bertz CT molecular complexity index is 2050. The molecule has 56 heavy (non-hydrogen) atoms. The highest BCUT2D eigenvalue weighted by Gasteiger charge is 2.45. The van der Waals surface area contributed by atoms with E-state index in [4.69, 9.17) is 0 Å². The number of pyridine rings is 1. The maximum Gasteiger partial charge on any atom is 0.262 e. The van der Waals surface area contributed by atoms with E-state index in [1.54, 1.807) is 18.3 Å². The number of benzene rings is 1. The van der Waals surface area contributed by atoms with Crippen LogP contribution in [0.2, 0.25) is 0 Å². The molecule has 292 valence electrons. The standard InChI is InChI=1S/C41H46FN9O5/c42-34-23-44-41(47-37(34)50-19-13-28(25-52)14-20-50)45-30-4-3-29(43-22-30)2-1-26-9-15-48(16-10-26)24-27-11-17-49(18-12-27)31-5-6-32-33(21-31)40(56)51(39(32)55)35-7-8-36(53)46-38(35)54/h3-6,21-23,26-28,35,52H,7-20,24-25H2,(H,44,45,47)(H,46,53,54). The van der Waals surface area contributed by atoms with Gasteiger partial charge < -0.3 is 25.1 Å². The zero-order valence-electron chi connectivity index (χ0n) is 31.3. The molecule has 5 aliphatic heterocycles. The lowest BCUT2D eigenvalue weighted by Gasteiger charge is -2.38. The second-order valence-corrected chi connectivity index (χ2v) is 15.5. The van der Waals surface area contributed by atoms with Gasteiger partial charge in [0.1, 0.15) is 11.7 Å². The molecule has 7 heterocycles. The summed E-state index contributed by atoms with van der Waals surface area (Å²) in [6.45, 7) is 6.18. The number of aromatic nitrogens is 3. The van der Waals surface area contributed by atoms with Crippen molar-refractivity contribution in [3.63, 3.8) is 0 Å². The molecule has 1 aromatic carbocycles. The minimum absolute atomic E-state index is 0.0939. The first-order chi connectivity index (χ1) is 27.2. The number of hydrogen-bond acceptors (Lipinski definition) is 12. The van der Waals surface area contributed by atoms with Crippen LogP contribution < -0.4 is 20.4 Å². The Balaban J connectivity index is 0.777. The Labute approximate surface area is 324 Å². The summed E-state index contributed by atoms with van der Waals surface area (Å²) in [4.78, 5) is 71.2. The fourth-order valence-corrected chi connectivity index (χ4v) is 8.47. The number of aliphatic hydroxyl groups excluding tert-OH is 1. The third kappa shape index (κ3) is 8.08. The largest absolute Gasteiger partial charge is 0.396 e. The first-order valence-corrected chi connectivity index (χ1v) is 19.7. The van der Waals surface area contributed by atoms with Gasteiger partial charge in [0.15, 0.2) is 11.6 Å². The van der Waals surface area contributed by atoms with Gasteiger partial charge in [-0.3, -0.25) is 29.4 Å². The van der Waals surface area contributed by atoms with E-state index in [1.165, 1.54) is 6.20 Å². The van der Waals surface area contributed by atoms with E-state index in [0.29, 0.717) is 53.4 Å². The van der Waals surface area contributed by atoms with Crippen LogP contribution in [0.25, 0.3) is 0 Å². The van der Waals surface area contributed by atoms with Crippen molar-refractivity contribution in [2.45, 2.75) is 57.4 Å². The molecule has 3 aromatic rings. The van der Waals surface area contributed by atoms with Crippen LogP contribution in [0.5, 0.6) is 0 Å². The molecule has 4 amide bonds. The summed E-state index contributed by atoms with van der Waals surface area (Å²) >= 11 is 0. The number of likely N-dealkylation sites (tertiary alicyclic amines) is 1. The van der Waals surface area contributed by atoms with E-state index in [-0.39, 0.29) is 31.2 Å². The van der Waals surface area contributed by atoms with Gasteiger partial charge in [-0.2, -0.15) is 4.98 Å². The summed E-state index contributed by atoms with van der Waals surface area (Å²) in [5.74, 6) is 5.92. The number of anilines is 4. The van der Waals surface area contributed by atoms with E-state index in [0.717, 1.165) is 81.8 Å². The molecule has 0 bridgehead atoms. The molecule has 1 unspecified atom stereocenters. The first-order valence-electron chi connectivity index (χ1n) is 19.7. The van der Waals surface area contributed by atoms with Crippen molar-refractivity contribution in [2.24, 2.45) is 17.8 Å². The highest BCUT2D eigenvalue weighted by molar-refractivity contribution is 6.23. The van der Waals surface area contributed by atoms with Crippen molar-refractivity contribution in [2.75, 3.05) is 67.5 Å². The van der Waals surface area contributed by atoms with Gasteiger partial charge in [-0.1, -0.05) is 5.92 Å². The number of hydrogen-bond donors (Lipinski definition) is 3. The van der Waals surface area contributed by atoms with Crippen LogP contribution in [0.3, 0.4) is 0 Å². The maximum absolute atomic E-state index is 14.6. The smallest absolute Gasteiger partial charge is 0.262 e. The average molecular weight is 764 g/mol. The lowest BCUT2D eigenvalue weighted by Crippen LogP contribution is -2.54. The number of fused-ring (bicyclic) bond motifs is 1. The number of imide groups is 2. The second-order valence-electron chi connectivity index (χ2n) is 15.5. The highest BCUT2D eigenvalue weighted by atomic mass is 19.1. The van der Waals surface area contributed by atoms with Crippen LogP contribution in [0, 0.1) is 35.4 Å². The Morgan fingerprint density at radius 2 is 1.55 bits per heavy atom. The number of halogens is 1. The van der Waals surface area contributed by atoms with Crippen LogP contribution in [0.1, 0.15) is 77.8 Å². The highest BCUT2D eigenvalue weighted by Crippen LogP contribution is 2.33. The van der Waals surface area contributed by atoms with Crippen molar-refractivity contribution in [1.29, 1.82) is 0 Å². The topological polar surface area (TPSA) is 164 Å². The molecule has 0 radical (unpaired) electrons. The lowest BCUT2D eigenvalue weighted by atomic mass is 9.92. The van der Waals surface area contributed by atoms with Crippen molar-refractivity contribution in [3.05, 3.63) is 65.4 Å². The zero-order chi connectivity index (χ0) is 38.8. The van der Waals surface area contributed by atoms with Crippen molar-refractivity contribution in [3.8, 4) is 11.8 Å². The molecule has 14 nitrogen and oxygen atoms in total. The molecule has 15 heteroatoms. The number of amides is 4. The van der Waals surface area contributed by atoms with Crippen LogP contribution in [-0.4, -0.2) is 112 Å². The van der Waals surface area contributed by atoms with Gasteiger partial charge in [0.2, 0.25) is 17.8 Å². The van der Waals surface area contributed by atoms with Crippen molar-refractivity contribution < 1.29 is 28.7 Å². The van der Waals surface area contributed by atoms with Gasteiger partial charge >= 0.3 is 0 Å². The predicted octanol–water partition coefficient (Wildman–Crippen LogP) is 3.34. The minimum Gasteiger partial charge on any atom is -0.396 e. The number of aliphatic hydroxyl groups is 1. The number of piperidine rings is 4. The summed E-state index contributed by atoms with van der Waals surface area (Å²) in [5, 5.41) is 14.8. The molecular formula is C41H46FN9O5. The van der Waals surface area contributed by atoms with Crippen molar-refractivity contribution >= 4 is 46.8 Å². The average Bonchev–Trinajstić information content (AvgIpc) is 3.47. The van der Waals surface area contributed by atoms with E-state index in [2.05, 4.69) is 47.2 Å². The molecule has 5 aliphatic rings. The SMILES string of the molecule is O=C1CCC(N2C(=O)c3ccc(N4CCC(CN5CCC(C#Cc6ccc(Nc7ncc(F)c(N8CCC(CO)CC8)n7)cn6)CC5)CC4)cc3C2=O)C(=O)N1. The maximum atomic E-state index is 14.6. The first kappa shape index (κ1) is 37.5. The lowest BCUT2D eigenvalue weighted by molar-refractivity contribution is -0.136. The van der Waals surface area contributed by atoms with Gasteiger partial charge in [0, 0.05) is 57.4 Å². The molecule has 0 saturated carbocycles. The normalized spacial score (nSPS) is 21.5. The Hall–Kier alpha value is -5.46.